The van der Waals surface area contributed by atoms with Crippen LogP contribution in [-0.4, -0.2) is 28.3 Å². The molecule has 24 heavy (non-hydrogen) atoms. The maximum absolute atomic E-state index is 12.1. The standard InChI is InChI=1S/C19H24N2O3/c1-13(11-15-3-7-17(22)8-4-15)20-19(24)21-14(2)12-16-5-9-18(23)10-6-16/h3-10,13-14,22-23H,11-12H2,1-2H3,(H2,20,21,24). The van der Waals surface area contributed by atoms with Crippen molar-refractivity contribution in [1.82, 2.24) is 10.6 Å². The Morgan fingerprint density at radius 1 is 0.792 bits per heavy atom. The molecule has 2 rings (SSSR count). The summed E-state index contributed by atoms with van der Waals surface area (Å²) in [5.74, 6) is 0.473. The van der Waals surface area contributed by atoms with Crippen LogP contribution in [0.4, 0.5) is 4.79 Å². The number of carbonyl (C=O) groups is 1. The highest BCUT2D eigenvalue weighted by molar-refractivity contribution is 5.74. The van der Waals surface area contributed by atoms with E-state index in [9.17, 15) is 15.0 Å². The number of carbonyl (C=O) groups excluding carboxylic acids is 1. The van der Waals surface area contributed by atoms with Gasteiger partial charge in [0.15, 0.2) is 0 Å². The number of phenolic OH excluding ortho intramolecular Hbond substituents is 2. The van der Waals surface area contributed by atoms with Crippen LogP contribution >= 0.6 is 0 Å². The first kappa shape index (κ1) is 17.7. The molecule has 0 aliphatic rings. The molecule has 0 spiro atoms. The number of hydrogen-bond donors (Lipinski definition) is 4. The Morgan fingerprint density at radius 3 is 1.46 bits per heavy atom. The molecule has 0 aliphatic heterocycles. The minimum Gasteiger partial charge on any atom is -0.508 e. The van der Waals surface area contributed by atoms with E-state index < -0.39 is 0 Å². The summed E-state index contributed by atoms with van der Waals surface area (Å²) in [7, 11) is 0. The monoisotopic (exact) mass is 328 g/mol. The van der Waals surface area contributed by atoms with Gasteiger partial charge in [-0.05, 0) is 62.1 Å². The Hall–Kier alpha value is -2.69. The Kier molecular flexibility index (Phi) is 6.07. The summed E-state index contributed by atoms with van der Waals surface area (Å²) >= 11 is 0. The lowest BCUT2D eigenvalue weighted by Gasteiger charge is -2.18. The van der Waals surface area contributed by atoms with Gasteiger partial charge in [-0.3, -0.25) is 0 Å². The zero-order valence-corrected chi connectivity index (χ0v) is 14.0. The van der Waals surface area contributed by atoms with Crippen LogP contribution in [0.1, 0.15) is 25.0 Å². The van der Waals surface area contributed by atoms with Crippen LogP contribution in [0.5, 0.6) is 11.5 Å². The SMILES string of the molecule is CC(Cc1ccc(O)cc1)NC(=O)NC(C)Cc1ccc(O)cc1. The fraction of sp³-hybridized carbons (Fsp3) is 0.316. The second-order valence-electron chi connectivity index (χ2n) is 6.16. The van der Waals surface area contributed by atoms with Gasteiger partial charge in [-0.15, -0.1) is 0 Å². The first-order valence-corrected chi connectivity index (χ1v) is 8.05. The van der Waals surface area contributed by atoms with E-state index in [4.69, 9.17) is 0 Å². The summed E-state index contributed by atoms with van der Waals surface area (Å²) in [5, 5.41) is 24.4. The average molecular weight is 328 g/mol. The lowest BCUT2D eigenvalue weighted by molar-refractivity contribution is 0.234. The first-order chi connectivity index (χ1) is 11.4. The molecule has 0 bridgehead atoms. The third kappa shape index (κ3) is 5.83. The first-order valence-electron chi connectivity index (χ1n) is 8.05. The zero-order chi connectivity index (χ0) is 17.5. The van der Waals surface area contributed by atoms with E-state index in [0.717, 1.165) is 11.1 Å². The summed E-state index contributed by atoms with van der Waals surface area (Å²) in [4.78, 5) is 12.1. The summed E-state index contributed by atoms with van der Waals surface area (Å²) in [6.45, 7) is 3.88. The van der Waals surface area contributed by atoms with E-state index >= 15 is 0 Å². The fourth-order valence-electron chi connectivity index (χ4n) is 2.56. The molecule has 0 radical (unpaired) electrons. The van der Waals surface area contributed by atoms with Crippen molar-refractivity contribution in [3.63, 3.8) is 0 Å². The molecule has 0 saturated carbocycles. The van der Waals surface area contributed by atoms with E-state index in [2.05, 4.69) is 10.6 Å². The van der Waals surface area contributed by atoms with Crippen LogP contribution in [0.2, 0.25) is 0 Å². The topological polar surface area (TPSA) is 81.6 Å². The highest BCUT2D eigenvalue weighted by Crippen LogP contribution is 2.12. The van der Waals surface area contributed by atoms with Gasteiger partial charge < -0.3 is 20.8 Å². The maximum Gasteiger partial charge on any atom is 0.315 e. The Bertz CT molecular complexity index is 596. The summed E-state index contributed by atoms with van der Waals surface area (Å²) in [5.41, 5.74) is 2.11. The number of aromatic hydroxyl groups is 2. The lowest BCUT2D eigenvalue weighted by Crippen LogP contribution is -2.45. The van der Waals surface area contributed by atoms with Crippen LogP contribution in [0.25, 0.3) is 0 Å². The molecule has 5 heteroatoms. The van der Waals surface area contributed by atoms with E-state index in [1.165, 1.54) is 0 Å². The van der Waals surface area contributed by atoms with Gasteiger partial charge in [0.1, 0.15) is 11.5 Å². The number of rotatable bonds is 6. The normalized spacial score (nSPS) is 13.1. The molecule has 2 amide bonds. The molecule has 4 N–H and O–H groups in total. The summed E-state index contributed by atoms with van der Waals surface area (Å²) in [6.07, 6.45) is 1.39. The van der Waals surface area contributed by atoms with Gasteiger partial charge in [0.25, 0.3) is 0 Å². The fourth-order valence-corrected chi connectivity index (χ4v) is 2.56. The Morgan fingerprint density at radius 2 is 1.12 bits per heavy atom. The minimum absolute atomic E-state index is 0.0181. The Labute approximate surface area is 142 Å². The van der Waals surface area contributed by atoms with Gasteiger partial charge in [-0.1, -0.05) is 24.3 Å². The molecule has 2 aromatic carbocycles. The molecule has 0 heterocycles. The van der Waals surface area contributed by atoms with Gasteiger partial charge in [0, 0.05) is 12.1 Å². The smallest absolute Gasteiger partial charge is 0.315 e. The van der Waals surface area contributed by atoms with Crippen molar-refractivity contribution in [1.29, 1.82) is 0 Å². The number of amides is 2. The zero-order valence-electron chi connectivity index (χ0n) is 14.0. The van der Waals surface area contributed by atoms with Crippen molar-refractivity contribution in [3.05, 3.63) is 59.7 Å². The van der Waals surface area contributed by atoms with E-state index in [0.29, 0.717) is 12.8 Å². The second kappa shape index (κ2) is 8.24. The van der Waals surface area contributed by atoms with Gasteiger partial charge >= 0.3 is 6.03 Å². The van der Waals surface area contributed by atoms with Crippen molar-refractivity contribution in [2.45, 2.75) is 38.8 Å². The third-order valence-corrected chi connectivity index (χ3v) is 3.71. The molecule has 2 atom stereocenters. The molecule has 0 fully saturated rings. The van der Waals surface area contributed by atoms with Crippen molar-refractivity contribution in [2.75, 3.05) is 0 Å². The number of benzene rings is 2. The molecule has 0 saturated heterocycles. The second-order valence-corrected chi connectivity index (χ2v) is 6.16. The van der Waals surface area contributed by atoms with Gasteiger partial charge in [-0.2, -0.15) is 0 Å². The molecule has 2 aromatic rings. The maximum atomic E-state index is 12.1. The highest BCUT2D eigenvalue weighted by atomic mass is 16.3. The molecule has 0 aliphatic carbocycles. The minimum atomic E-state index is -0.201. The van der Waals surface area contributed by atoms with Gasteiger partial charge in [-0.25, -0.2) is 4.79 Å². The number of phenols is 2. The van der Waals surface area contributed by atoms with Crippen molar-refractivity contribution < 1.29 is 15.0 Å². The van der Waals surface area contributed by atoms with E-state index in [1.807, 2.05) is 38.1 Å². The van der Waals surface area contributed by atoms with Crippen LogP contribution in [0.15, 0.2) is 48.5 Å². The predicted octanol–water partition coefficient (Wildman–Crippen LogP) is 2.96. The van der Waals surface area contributed by atoms with Crippen LogP contribution in [-0.2, 0) is 12.8 Å². The number of hydrogen-bond acceptors (Lipinski definition) is 3. The van der Waals surface area contributed by atoms with Crippen molar-refractivity contribution in [2.24, 2.45) is 0 Å². The Balaban J connectivity index is 1.76. The predicted molar refractivity (Wildman–Crippen MR) is 94.2 cm³/mol. The number of nitrogens with one attached hydrogen (secondary N) is 2. The van der Waals surface area contributed by atoms with Crippen LogP contribution < -0.4 is 10.6 Å². The average Bonchev–Trinajstić information content (AvgIpc) is 2.51. The largest absolute Gasteiger partial charge is 0.508 e. The van der Waals surface area contributed by atoms with Crippen molar-refractivity contribution in [3.8, 4) is 11.5 Å². The molecule has 5 nitrogen and oxygen atoms in total. The molecular weight excluding hydrogens is 304 g/mol. The molecular formula is C19H24N2O3. The summed E-state index contributed by atoms with van der Waals surface area (Å²) < 4.78 is 0. The quantitative estimate of drug-likeness (QED) is 0.658. The van der Waals surface area contributed by atoms with Crippen LogP contribution in [0, 0.1) is 0 Å². The van der Waals surface area contributed by atoms with Crippen LogP contribution in [0.3, 0.4) is 0 Å². The van der Waals surface area contributed by atoms with E-state index in [1.54, 1.807) is 24.3 Å². The van der Waals surface area contributed by atoms with Gasteiger partial charge in [0.05, 0.1) is 0 Å². The van der Waals surface area contributed by atoms with E-state index in [-0.39, 0.29) is 29.6 Å². The van der Waals surface area contributed by atoms with Gasteiger partial charge in [0.2, 0.25) is 0 Å². The van der Waals surface area contributed by atoms with Crippen molar-refractivity contribution >= 4 is 6.03 Å². The lowest BCUT2D eigenvalue weighted by atomic mass is 10.1. The number of urea groups is 1. The molecule has 0 aromatic heterocycles. The molecule has 128 valence electrons. The molecule has 2 unspecified atom stereocenters. The highest BCUT2D eigenvalue weighted by Gasteiger charge is 2.11. The summed E-state index contributed by atoms with van der Waals surface area (Å²) in [6, 6.07) is 13.7. The third-order valence-electron chi connectivity index (χ3n) is 3.71.